The Balaban J connectivity index is 1.71. The molecule has 5 heteroatoms. The largest absolute Gasteiger partial charge is 0.490 e. The molecule has 0 spiro atoms. The second-order valence-corrected chi connectivity index (χ2v) is 4.97. The van der Waals surface area contributed by atoms with E-state index in [-0.39, 0.29) is 18.2 Å². The van der Waals surface area contributed by atoms with E-state index in [1.807, 2.05) is 0 Å². The van der Waals surface area contributed by atoms with Crippen LogP contribution in [0.2, 0.25) is 5.02 Å². The fraction of sp³-hybridized carbons (Fsp3) is 0.200. The number of benzene rings is 2. The molecule has 1 atom stereocenters. The third-order valence-corrected chi connectivity index (χ3v) is 3.42. The highest BCUT2D eigenvalue weighted by Crippen LogP contribution is 2.35. The van der Waals surface area contributed by atoms with Gasteiger partial charge in [0, 0.05) is 11.6 Å². The predicted molar refractivity (Wildman–Crippen MR) is 72.6 cm³/mol. The van der Waals surface area contributed by atoms with Crippen LogP contribution in [0.25, 0.3) is 0 Å². The number of aliphatic hydroxyl groups is 1. The van der Waals surface area contributed by atoms with Crippen molar-refractivity contribution in [2.75, 3.05) is 6.61 Å². The van der Waals surface area contributed by atoms with Crippen LogP contribution in [0.15, 0.2) is 36.4 Å². The number of halogens is 2. The summed E-state index contributed by atoms with van der Waals surface area (Å²) in [6, 6.07) is 9.74. The molecular formula is C15H12ClFO3. The van der Waals surface area contributed by atoms with E-state index in [0.29, 0.717) is 11.5 Å². The van der Waals surface area contributed by atoms with E-state index >= 15 is 0 Å². The molecule has 0 aliphatic carbocycles. The summed E-state index contributed by atoms with van der Waals surface area (Å²) in [5.74, 6) is 0.806. The fourth-order valence-electron chi connectivity index (χ4n) is 2.06. The van der Waals surface area contributed by atoms with Crippen molar-refractivity contribution in [3.05, 3.63) is 58.4 Å². The number of aliphatic hydroxyl groups excluding tert-OH is 1. The van der Waals surface area contributed by atoms with E-state index in [1.165, 1.54) is 12.1 Å². The predicted octanol–water partition coefficient (Wildman–Crippen LogP) is 3.48. The quantitative estimate of drug-likeness (QED) is 0.942. The molecule has 2 aromatic carbocycles. The molecule has 0 bridgehead atoms. The zero-order valence-corrected chi connectivity index (χ0v) is 11.2. The maximum absolute atomic E-state index is 13.0. The molecular weight excluding hydrogens is 283 g/mol. The first-order valence-corrected chi connectivity index (χ1v) is 6.53. The molecule has 1 N–H and O–H groups in total. The molecule has 1 unspecified atom stereocenters. The number of rotatable bonds is 3. The molecule has 2 aromatic rings. The Hall–Kier alpha value is -1.78. The van der Waals surface area contributed by atoms with Crippen LogP contribution in [0.5, 0.6) is 11.5 Å². The topological polar surface area (TPSA) is 38.7 Å². The van der Waals surface area contributed by atoms with E-state index in [0.717, 1.165) is 11.1 Å². The summed E-state index contributed by atoms with van der Waals surface area (Å²) in [6.45, 7) is 0.549. The third-order valence-electron chi connectivity index (χ3n) is 3.13. The van der Waals surface area contributed by atoms with Crippen molar-refractivity contribution in [3.8, 4) is 11.5 Å². The van der Waals surface area contributed by atoms with Crippen LogP contribution in [0, 0.1) is 5.82 Å². The Kier molecular flexibility index (Phi) is 3.51. The van der Waals surface area contributed by atoms with Crippen molar-refractivity contribution in [1.29, 1.82) is 0 Å². The molecule has 104 valence electrons. The van der Waals surface area contributed by atoms with Gasteiger partial charge in [-0.25, -0.2) is 4.39 Å². The van der Waals surface area contributed by atoms with Gasteiger partial charge < -0.3 is 14.6 Å². The van der Waals surface area contributed by atoms with Crippen molar-refractivity contribution in [2.24, 2.45) is 0 Å². The SMILES string of the molecule is OC1COc2cc(OCc3ccc(F)c(Cl)c3)ccc21. The van der Waals surface area contributed by atoms with Gasteiger partial charge in [-0.2, -0.15) is 0 Å². The summed E-state index contributed by atoms with van der Waals surface area (Å²) in [6.07, 6.45) is -0.574. The van der Waals surface area contributed by atoms with Gasteiger partial charge in [-0.1, -0.05) is 17.7 Å². The molecule has 0 saturated carbocycles. The summed E-state index contributed by atoms with van der Waals surface area (Å²) < 4.78 is 24.0. The molecule has 0 radical (unpaired) electrons. The van der Waals surface area contributed by atoms with Gasteiger partial charge in [-0.05, 0) is 29.8 Å². The van der Waals surface area contributed by atoms with E-state index in [1.54, 1.807) is 24.3 Å². The van der Waals surface area contributed by atoms with Crippen LogP contribution < -0.4 is 9.47 Å². The van der Waals surface area contributed by atoms with Crippen molar-refractivity contribution >= 4 is 11.6 Å². The highest BCUT2D eigenvalue weighted by Gasteiger charge is 2.21. The molecule has 20 heavy (non-hydrogen) atoms. The smallest absolute Gasteiger partial charge is 0.141 e. The van der Waals surface area contributed by atoms with Gasteiger partial charge in [-0.3, -0.25) is 0 Å². The van der Waals surface area contributed by atoms with E-state index < -0.39 is 11.9 Å². The average molecular weight is 295 g/mol. The standard InChI is InChI=1S/C15H12ClFO3/c16-12-5-9(1-4-13(12)17)7-19-10-2-3-11-14(18)8-20-15(11)6-10/h1-6,14,18H,7-8H2. The van der Waals surface area contributed by atoms with Gasteiger partial charge in [0.15, 0.2) is 0 Å². The second-order valence-electron chi connectivity index (χ2n) is 4.56. The van der Waals surface area contributed by atoms with Gasteiger partial charge in [0.2, 0.25) is 0 Å². The summed E-state index contributed by atoms with van der Waals surface area (Å²) >= 11 is 5.71. The first kappa shape index (κ1) is 13.2. The van der Waals surface area contributed by atoms with Crippen LogP contribution in [0.3, 0.4) is 0 Å². The molecule has 3 rings (SSSR count). The lowest BCUT2D eigenvalue weighted by Crippen LogP contribution is -1.97. The minimum atomic E-state index is -0.574. The highest BCUT2D eigenvalue weighted by molar-refractivity contribution is 6.30. The molecule has 1 aliphatic heterocycles. The summed E-state index contributed by atoms with van der Waals surface area (Å²) in [5, 5.41) is 9.70. The van der Waals surface area contributed by atoms with Gasteiger partial charge in [0.05, 0.1) is 5.02 Å². The zero-order valence-electron chi connectivity index (χ0n) is 10.5. The number of ether oxygens (including phenoxy) is 2. The minimum absolute atomic E-state index is 0.0755. The van der Waals surface area contributed by atoms with Gasteiger partial charge >= 0.3 is 0 Å². The zero-order chi connectivity index (χ0) is 14.1. The maximum atomic E-state index is 13.0. The van der Waals surface area contributed by atoms with Crippen molar-refractivity contribution in [3.63, 3.8) is 0 Å². The maximum Gasteiger partial charge on any atom is 0.141 e. The van der Waals surface area contributed by atoms with Gasteiger partial charge in [-0.15, -0.1) is 0 Å². The number of fused-ring (bicyclic) bond motifs is 1. The third kappa shape index (κ3) is 2.57. The first-order chi connectivity index (χ1) is 9.63. The highest BCUT2D eigenvalue weighted by atomic mass is 35.5. The summed E-state index contributed by atoms with van der Waals surface area (Å²) in [7, 11) is 0. The average Bonchev–Trinajstić information content (AvgIpc) is 2.81. The van der Waals surface area contributed by atoms with Crippen LogP contribution in [0.1, 0.15) is 17.2 Å². The summed E-state index contributed by atoms with van der Waals surface area (Å²) in [5.41, 5.74) is 1.54. The van der Waals surface area contributed by atoms with Crippen LogP contribution >= 0.6 is 11.6 Å². The Morgan fingerprint density at radius 1 is 1.30 bits per heavy atom. The van der Waals surface area contributed by atoms with E-state index in [2.05, 4.69) is 0 Å². The van der Waals surface area contributed by atoms with Crippen LogP contribution in [-0.2, 0) is 6.61 Å². The monoisotopic (exact) mass is 294 g/mol. The van der Waals surface area contributed by atoms with Crippen molar-refractivity contribution < 1.29 is 19.0 Å². The van der Waals surface area contributed by atoms with E-state index in [4.69, 9.17) is 21.1 Å². The fourth-order valence-corrected chi connectivity index (χ4v) is 2.26. The van der Waals surface area contributed by atoms with Crippen LogP contribution in [-0.4, -0.2) is 11.7 Å². The molecule has 0 amide bonds. The molecule has 0 saturated heterocycles. The molecule has 3 nitrogen and oxygen atoms in total. The Morgan fingerprint density at radius 2 is 2.15 bits per heavy atom. The van der Waals surface area contributed by atoms with E-state index in [9.17, 15) is 9.50 Å². The lowest BCUT2D eigenvalue weighted by atomic mass is 10.1. The first-order valence-electron chi connectivity index (χ1n) is 6.15. The van der Waals surface area contributed by atoms with Crippen molar-refractivity contribution in [2.45, 2.75) is 12.7 Å². The Labute approximate surface area is 120 Å². The lowest BCUT2D eigenvalue weighted by Gasteiger charge is -2.08. The van der Waals surface area contributed by atoms with Gasteiger partial charge in [0.25, 0.3) is 0 Å². The van der Waals surface area contributed by atoms with Crippen LogP contribution in [0.4, 0.5) is 4.39 Å². The second kappa shape index (κ2) is 5.31. The number of hydrogen-bond acceptors (Lipinski definition) is 3. The molecule has 1 aliphatic rings. The Bertz CT molecular complexity index is 645. The molecule has 1 heterocycles. The summed E-state index contributed by atoms with van der Waals surface area (Å²) in [4.78, 5) is 0. The molecule has 0 fully saturated rings. The van der Waals surface area contributed by atoms with Crippen molar-refractivity contribution in [1.82, 2.24) is 0 Å². The Morgan fingerprint density at radius 3 is 2.95 bits per heavy atom. The normalized spacial score (nSPS) is 16.6. The minimum Gasteiger partial charge on any atom is -0.490 e. The molecule has 0 aromatic heterocycles. The van der Waals surface area contributed by atoms with Gasteiger partial charge in [0.1, 0.15) is 36.6 Å². The lowest BCUT2D eigenvalue weighted by molar-refractivity contribution is 0.140. The number of hydrogen-bond donors (Lipinski definition) is 1.